The monoisotopic (exact) mass is 430 g/mol. The Morgan fingerprint density at radius 3 is 2.50 bits per heavy atom. The van der Waals surface area contributed by atoms with Gasteiger partial charge in [-0.25, -0.2) is 0 Å². The van der Waals surface area contributed by atoms with Crippen molar-refractivity contribution in [2.75, 3.05) is 13.2 Å². The molecule has 6 heteroatoms. The summed E-state index contributed by atoms with van der Waals surface area (Å²) in [7, 11) is 0. The molecule has 1 unspecified atom stereocenters. The summed E-state index contributed by atoms with van der Waals surface area (Å²) >= 11 is 5.99. The van der Waals surface area contributed by atoms with E-state index in [9.17, 15) is 9.59 Å². The van der Waals surface area contributed by atoms with E-state index in [2.05, 4.69) is 12.2 Å². The van der Waals surface area contributed by atoms with Crippen LogP contribution in [0, 0.1) is 6.92 Å². The molecule has 2 aromatic rings. The van der Waals surface area contributed by atoms with E-state index in [4.69, 9.17) is 16.3 Å². The fraction of sp³-hybridized carbons (Fsp3) is 0.417. The van der Waals surface area contributed by atoms with Gasteiger partial charge >= 0.3 is 0 Å². The number of halogens is 1. The average Bonchev–Trinajstić information content (AvgIpc) is 2.73. The Kier molecular flexibility index (Phi) is 9.68. The fourth-order valence-corrected chi connectivity index (χ4v) is 3.28. The van der Waals surface area contributed by atoms with Gasteiger partial charge in [0, 0.05) is 18.1 Å². The number of hydrogen-bond donors (Lipinski definition) is 1. The minimum atomic E-state index is -0.557. The van der Waals surface area contributed by atoms with Crippen molar-refractivity contribution in [1.82, 2.24) is 10.2 Å². The molecule has 162 valence electrons. The minimum absolute atomic E-state index is 0.130. The Bertz CT molecular complexity index is 823. The number of nitrogens with zero attached hydrogens (tertiary/aromatic N) is 1. The molecular formula is C24H31ClN2O3. The van der Waals surface area contributed by atoms with Crippen molar-refractivity contribution in [3.05, 3.63) is 64.7 Å². The van der Waals surface area contributed by atoms with Crippen molar-refractivity contribution < 1.29 is 14.3 Å². The van der Waals surface area contributed by atoms with Crippen molar-refractivity contribution >= 4 is 23.4 Å². The van der Waals surface area contributed by atoms with E-state index in [1.165, 1.54) is 0 Å². The first-order chi connectivity index (χ1) is 14.4. The van der Waals surface area contributed by atoms with Gasteiger partial charge in [0.2, 0.25) is 5.91 Å². The van der Waals surface area contributed by atoms with Gasteiger partial charge < -0.3 is 15.0 Å². The zero-order valence-electron chi connectivity index (χ0n) is 18.0. The van der Waals surface area contributed by atoms with Gasteiger partial charge in [0.25, 0.3) is 5.91 Å². The van der Waals surface area contributed by atoms with Crippen molar-refractivity contribution in [2.24, 2.45) is 0 Å². The molecule has 30 heavy (non-hydrogen) atoms. The highest BCUT2D eigenvalue weighted by Crippen LogP contribution is 2.18. The number of unbranched alkanes of at least 4 members (excludes halogenated alkanes) is 1. The van der Waals surface area contributed by atoms with Crippen molar-refractivity contribution in [3.63, 3.8) is 0 Å². The Morgan fingerprint density at radius 1 is 1.13 bits per heavy atom. The highest BCUT2D eigenvalue weighted by atomic mass is 35.5. The third-order valence-corrected chi connectivity index (χ3v) is 5.08. The topological polar surface area (TPSA) is 58.6 Å². The maximum Gasteiger partial charge on any atom is 0.261 e. The van der Waals surface area contributed by atoms with E-state index in [1.54, 1.807) is 29.2 Å². The zero-order chi connectivity index (χ0) is 21.9. The van der Waals surface area contributed by atoms with Crippen LogP contribution in [0.2, 0.25) is 5.02 Å². The predicted octanol–water partition coefficient (Wildman–Crippen LogP) is 4.75. The lowest BCUT2D eigenvalue weighted by atomic mass is 10.1. The van der Waals surface area contributed by atoms with Crippen LogP contribution in [0.25, 0.3) is 0 Å². The van der Waals surface area contributed by atoms with Gasteiger partial charge in [-0.05, 0) is 43.5 Å². The van der Waals surface area contributed by atoms with E-state index in [0.717, 1.165) is 24.0 Å². The number of rotatable bonds is 11. The van der Waals surface area contributed by atoms with Gasteiger partial charge in [-0.15, -0.1) is 0 Å². The summed E-state index contributed by atoms with van der Waals surface area (Å²) < 4.78 is 5.65. The van der Waals surface area contributed by atoms with Gasteiger partial charge in [-0.1, -0.05) is 67.8 Å². The summed E-state index contributed by atoms with van der Waals surface area (Å²) in [6.45, 7) is 6.79. The van der Waals surface area contributed by atoms with E-state index in [0.29, 0.717) is 30.3 Å². The van der Waals surface area contributed by atoms with Crippen LogP contribution in [0.5, 0.6) is 5.75 Å². The summed E-state index contributed by atoms with van der Waals surface area (Å²) in [6.07, 6.45) is 2.43. The van der Waals surface area contributed by atoms with E-state index < -0.39 is 6.04 Å². The van der Waals surface area contributed by atoms with Crippen LogP contribution in [0.1, 0.15) is 44.2 Å². The summed E-state index contributed by atoms with van der Waals surface area (Å²) in [5.74, 6) is 0.147. The standard InChI is InChI=1S/C24H31ClN2O3/c1-4-6-14-26-24(29)22(5-2)27(16-19-12-10-18(3)11-13-19)23(28)17-30-21-9-7-8-20(25)15-21/h7-13,15,22H,4-6,14,16-17H2,1-3H3,(H,26,29). The van der Waals surface area contributed by atoms with Gasteiger partial charge in [-0.3, -0.25) is 9.59 Å². The number of carbonyl (C=O) groups is 2. The lowest BCUT2D eigenvalue weighted by Gasteiger charge is -2.30. The third kappa shape index (κ3) is 7.38. The molecule has 0 heterocycles. The van der Waals surface area contributed by atoms with Crippen molar-refractivity contribution in [1.29, 1.82) is 0 Å². The van der Waals surface area contributed by atoms with Gasteiger partial charge in [0.05, 0.1) is 0 Å². The van der Waals surface area contributed by atoms with Gasteiger partial charge in [0.1, 0.15) is 11.8 Å². The van der Waals surface area contributed by atoms with Gasteiger partial charge in [-0.2, -0.15) is 0 Å². The summed E-state index contributed by atoms with van der Waals surface area (Å²) in [5.41, 5.74) is 2.11. The highest BCUT2D eigenvalue weighted by Gasteiger charge is 2.28. The molecular weight excluding hydrogens is 400 g/mol. The van der Waals surface area contributed by atoms with Crippen LogP contribution in [-0.4, -0.2) is 35.9 Å². The van der Waals surface area contributed by atoms with Crippen LogP contribution in [0.15, 0.2) is 48.5 Å². The largest absolute Gasteiger partial charge is 0.484 e. The minimum Gasteiger partial charge on any atom is -0.484 e. The molecule has 2 aromatic carbocycles. The summed E-state index contributed by atoms with van der Waals surface area (Å²) in [4.78, 5) is 27.5. The molecule has 0 radical (unpaired) electrons. The number of carbonyl (C=O) groups excluding carboxylic acids is 2. The molecule has 0 fully saturated rings. The average molecular weight is 431 g/mol. The molecule has 0 saturated heterocycles. The quantitative estimate of drug-likeness (QED) is 0.523. The normalized spacial score (nSPS) is 11.6. The molecule has 0 aliphatic rings. The SMILES string of the molecule is CCCCNC(=O)C(CC)N(Cc1ccc(C)cc1)C(=O)COc1cccc(Cl)c1. The third-order valence-electron chi connectivity index (χ3n) is 4.85. The molecule has 1 atom stereocenters. The first-order valence-electron chi connectivity index (χ1n) is 10.5. The number of ether oxygens (including phenoxy) is 1. The van der Waals surface area contributed by atoms with E-state index >= 15 is 0 Å². The van der Waals surface area contributed by atoms with E-state index in [1.807, 2.05) is 38.1 Å². The summed E-state index contributed by atoms with van der Waals surface area (Å²) in [6, 6.07) is 14.3. The Morgan fingerprint density at radius 2 is 1.87 bits per heavy atom. The lowest BCUT2D eigenvalue weighted by molar-refractivity contribution is -0.143. The van der Waals surface area contributed by atoms with Crippen molar-refractivity contribution in [2.45, 2.75) is 52.6 Å². The number of hydrogen-bond acceptors (Lipinski definition) is 3. The molecule has 0 bridgehead atoms. The van der Waals surface area contributed by atoms with Crippen LogP contribution >= 0.6 is 11.6 Å². The maximum atomic E-state index is 13.1. The second kappa shape index (κ2) is 12.2. The number of amides is 2. The molecule has 2 amide bonds. The Labute approximate surface area is 184 Å². The molecule has 2 rings (SSSR count). The maximum absolute atomic E-state index is 13.1. The van der Waals surface area contributed by atoms with Crippen molar-refractivity contribution in [3.8, 4) is 5.75 Å². The van der Waals surface area contributed by atoms with Crippen LogP contribution in [-0.2, 0) is 16.1 Å². The first kappa shape index (κ1) is 23.7. The smallest absolute Gasteiger partial charge is 0.261 e. The predicted molar refractivity (Wildman–Crippen MR) is 121 cm³/mol. The van der Waals surface area contributed by atoms with Crippen LogP contribution in [0.3, 0.4) is 0 Å². The molecule has 0 aliphatic carbocycles. The first-order valence-corrected chi connectivity index (χ1v) is 10.8. The highest BCUT2D eigenvalue weighted by molar-refractivity contribution is 6.30. The number of nitrogens with one attached hydrogen (secondary N) is 1. The fourth-order valence-electron chi connectivity index (χ4n) is 3.10. The summed E-state index contributed by atoms with van der Waals surface area (Å²) in [5, 5.41) is 3.50. The number of benzene rings is 2. The molecule has 0 aliphatic heterocycles. The van der Waals surface area contributed by atoms with Gasteiger partial charge in [0.15, 0.2) is 6.61 Å². The number of aryl methyl sites for hydroxylation is 1. The van der Waals surface area contributed by atoms with Crippen LogP contribution < -0.4 is 10.1 Å². The molecule has 0 spiro atoms. The Balaban J connectivity index is 2.16. The second-order valence-electron chi connectivity index (χ2n) is 7.32. The zero-order valence-corrected chi connectivity index (χ0v) is 18.7. The lowest BCUT2D eigenvalue weighted by Crippen LogP contribution is -2.50. The molecule has 5 nitrogen and oxygen atoms in total. The second-order valence-corrected chi connectivity index (χ2v) is 7.76. The Hall–Kier alpha value is -2.53. The van der Waals surface area contributed by atoms with E-state index in [-0.39, 0.29) is 18.4 Å². The molecule has 0 saturated carbocycles. The molecule has 0 aromatic heterocycles. The molecule has 1 N–H and O–H groups in total. The van der Waals surface area contributed by atoms with Crippen LogP contribution in [0.4, 0.5) is 0 Å².